The van der Waals surface area contributed by atoms with Crippen LogP contribution >= 0.6 is 11.6 Å². The summed E-state index contributed by atoms with van der Waals surface area (Å²) in [5.41, 5.74) is 5.89. The molecule has 1 aromatic rings. The third-order valence-corrected chi connectivity index (χ3v) is 4.07. The fraction of sp³-hybridized carbons (Fsp3) is 0.571. The van der Waals surface area contributed by atoms with Gasteiger partial charge in [0.2, 0.25) is 0 Å². The van der Waals surface area contributed by atoms with Crippen LogP contribution in [0.15, 0.2) is 12.1 Å². The Morgan fingerprint density at radius 2 is 1.95 bits per heavy atom. The van der Waals surface area contributed by atoms with Crippen molar-refractivity contribution < 1.29 is 4.79 Å². The lowest BCUT2D eigenvalue weighted by molar-refractivity contribution is 0.0712. The second-order valence-electron chi connectivity index (χ2n) is 5.13. The Morgan fingerprint density at radius 3 is 2.58 bits per heavy atom. The number of nitrogens with zero attached hydrogens (tertiary/aromatic N) is 2. The zero-order chi connectivity index (χ0) is 13.8. The number of pyridine rings is 1. The van der Waals surface area contributed by atoms with E-state index in [0.717, 1.165) is 12.8 Å². The first kappa shape index (κ1) is 14.1. The maximum absolute atomic E-state index is 12.5. The van der Waals surface area contributed by atoms with Crippen molar-refractivity contribution >= 4 is 23.3 Å². The molecule has 1 aliphatic rings. The number of nitrogen functional groups attached to an aromatic ring is 1. The Bertz CT molecular complexity index is 456. The highest BCUT2D eigenvalue weighted by Crippen LogP contribution is 2.24. The van der Waals surface area contributed by atoms with Gasteiger partial charge in [0, 0.05) is 13.1 Å². The van der Waals surface area contributed by atoms with E-state index in [1.807, 2.05) is 7.05 Å². The minimum atomic E-state index is -0.135. The molecule has 2 rings (SSSR count). The molecule has 1 heterocycles. The van der Waals surface area contributed by atoms with Gasteiger partial charge in [-0.3, -0.25) is 4.79 Å². The lowest BCUT2D eigenvalue weighted by Crippen LogP contribution is -2.37. The lowest BCUT2D eigenvalue weighted by Gasteiger charge is -2.27. The molecule has 0 unspecified atom stereocenters. The van der Waals surface area contributed by atoms with E-state index in [-0.39, 0.29) is 17.6 Å². The topological polar surface area (TPSA) is 59.2 Å². The predicted molar refractivity (Wildman–Crippen MR) is 77.2 cm³/mol. The molecule has 2 N–H and O–H groups in total. The summed E-state index contributed by atoms with van der Waals surface area (Å²) in [7, 11) is 1.83. The first-order chi connectivity index (χ1) is 9.09. The number of aromatic nitrogens is 1. The van der Waals surface area contributed by atoms with Gasteiger partial charge in [0.1, 0.15) is 11.5 Å². The normalized spacial score (nSPS) is 16.9. The van der Waals surface area contributed by atoms with Gasteiger partial charge in [0.25, 0.3) is 5.91 Å². The Balaban J connectivity index is 2.15. The van der Waals surface area contributed by atoms with Crippen molar-refractivity contribution in [3.63, 3.8) is 0 Å². The van der Waals surface area contributed by atoms with E-state index in [2.05, 4.69) is 4.98 Å². The number of hydrogen-bond donors (Lipinski definition) is 1. The molecule has 1 amide bonds. The fourth-order valence-corrected chi connectivity index (χ4v) is 2.77. The number of halogens is 1. The van der Waals surface area contributed by atoms with E-state index in [0.29, 0.717) is 10.8 Å². The summed E-state index contributed by atoms with van der Waals surface area (Å²) in [6.45, 7) is 0. The monoisotopic (exact) mass is 281 g/mol. The summed E-state index contributed by atoms with van der Waals surface area (Å²) in [5, 5.41) is 0.361. The number of carbonyl (C=O) groups excluding carboxylic acids is 1. The number of amides is 1. The van der Waals surface area contributed by atoms with E-state index in [1.165, 1.54) is 25.7 Å². The highest BCUT2D eigenvalue weighted by molar-refractivity contribution is 6.33. The number of carbonyl (C=O) groups is 1. The van der Waals surface area contributed by atoms with E-state index < -0.39 is 0 Å². The van der Waals surface area contributed by atoms with Crippen LogP contribution in [0, 0.1) is 0 Å². The van der Waals surface area contributed by atoms with Gasteiger partial charge in [0.05, 0.1) is 5.02 Å². The average Bonchev–Trinajstić information content (AvgIpc) is 2.69. The standard InChI is InChI=1S/C14H20ClN3O/c1-18(10-6-4-2-3-5-7-10)14(19)13-11(15)8-9-12(16)17-13/h8-10H,2-7H2,1H3,(H2,16,17). The molecule has 1 saturated carbocycles. The molecule has 19 heavy (non-hydrogen) atoms. The second kappa shape index (κ2) is 6.24. The summed E-state index contributed by atoms with van der Waals surface area (Å²) in [5.74, 6) is 0.186. The van der Waals surface area contributed by atoms with Crippen LogP contribution in [0.4, 0.5) is 5.82 Å². The van der Waals surface area contributed by atoms with Crippen molar-refractivity contribution in [2.24, 2.45) is 0 Å². The number of hydrogen-bond acceptors (Lipinski definition) is 3. The summed E-state index contributed by atoms with van der Waals surface area (Å²) in [6.07, 6.45) is 7.00. The zero-order valence-corrected chi connectivity index (χ0v) is 12.0. The average molecular weight is 282 g/mol. The lowest BCUT2D eigenvalue weighted by atomic mass is 10.1. The van der Waals surface area contributed by atoms with E-state index in [9.17, 15) is 4.79 Å². The van der Waals surface area contributed by atoms with E-state index >= 15 is 0 Å². The van der Waals surface area contributed by atoms with Crippen LogP contribution in [-0.4, -0.2) is 28.9 Å². The highest BCUT2D eigenvalue weighted by Gasteiger charge is 2.24. The van der Waals surface area contributed by atoms with Gasteiger partial charge in [0.15, 0.2) is 0 Å². The molecule has 4 nitrogen and oxygen atoms in total. The SMILES string of the molecule is CN(C(=O)c1nc(N)ccc1Cl)C1CCCCCC1. The minimum Gasteiger partial charge on any atom is -0.384 e. The fourth-order valence-electron chi connectivity index (χ4n) is 2.59. The van der Waals surface area contributed by atoms with Gasteiger partial charge in [-0.2, -0.15) is 0 Å². The molecule has 1 fully saturated rings. The summed E-state index contributed by atoms with van der Waals surface area (Å²) >= 11 is 6.04. The van der Waals surface area contributed by atoms with Gasteiger partial charge >= 0.3 is 0 Å². The van der Waals surface area contributed by atoms with Crippen LogP contribution < -0.4 is 5.73 Å². The molecule has 0 spiro atoms. The Hall–Kier alpha value is -1.29. The van der Waals surface area contributed by atoms with Gasteiger partial charge < -0.3 is 10.6 Å². The van der Waals surface area contributed by atoms with Crippen molar-refractivity contribution in [2.75, 3.05) is 12.8 Å². The van der Waals surface area contributed by atoms with Gasteiger partial charge in [-0.15, -0.1) is 0 Å². The second-order valence-corrected chi connectivity index (χ2v) is 5.54. The minimum absolute atomic E-state index is 0.135. The number of anilines is 1. The van der Waals surface area contributed by atoms with Crippen LogP contribution in [0.3, 0.4) is 0 Å². The van der Waals surface area contributed by atoms with Crippen molar-refractivity contribution in [3.8, 4) is 0 Å². The molecule has 0 atom stereocenters. The van der Waals surface area contributed by atoms with Crippen LogP contribution in [0.5, 0.6) is 0 Å². The molecule has 1 aliphatic carbocycles. The van der Waals surface area contributed by atoms with Crippen molar-refractivity contribution in [2.45, 2.75) is 44.6 Å². The summed E-state index contributed by atoms with van der Waals surface area (Å²) < 4.78 is 0. The van der Waals surface area contributed by atoms with Crippen LogP contribution in [0.1, 0.15) is 49.0 Å². The largest absolute Gasteiger partial charge is 0.384 e. The first-order valence-electron chi connectivity index (χ1n) is 6.79. The summed E-state index contributed by atoms with van der Waals surface area (Å²) in [6, 6.07) is 3.51. The predicted octanol–water partition coefficient (Wildman–Crippen LogP) is 3.11. The van der Waals surface area contributed by atoms with E-state index in [4.69, 9.17) is 17.3 Å². The quantitative estimate of drug-likeness (QED) is 0.848. The maximum Gasteiger partial charge on any atom is 0.274 e. The third kappa shape index (κ3) is 3.38. The van der Waals surface area contributed by atoms with E-state index in [1.54, 1.807) is 17.0 Å². The maximum atomic E-state index is 12.5. The Morgan fingerprint density at radius 1 is 1.32 bits per heavy atom. The Labute approximate surface area is 118 Å². The zero-order valence-electron chi connectivity index (χ0n) is 11.2. The molecule has 104 valence electrons. The molecule has 0 saturated heterocycles. The van der Waals surface area contributed by atoms with Crippen LogP contribution in [0.25, 0.3) is 0 Å². The molecule has 0 radical (unpaired) electrons. The molecular formula is C14H20ClN3O. The molecule has 0 aromatic carbocycles. The number of rotatable bonds is 2. The van der Waals surface area contributed by atoms with Gasteiger partial charge in [-0.25, -0.2) is 4.98 Å². The summed E-state index contributed by atoms with van der Waals surface area (Å²) in [4.78, 5) is 18.3. The van der Waals surface area contributed by atoms with Crippen molar-refractivity contribution in [3.05, 3.63) is 22.8 Å². The molecule has 1 aromatic heterocycles. The smallest absolute Gasteiger partial charge is 0.274 e. The molecule has 5 heteroatoms. The number of nitrogens with two attached hydrogens (primary N) is 1. The van der Waals surface area contributed by atoms with Crippen molar-refractivity contribution in [1.82, 2.24) is 9.88 Å². The molecular weight excluding hydrogens is 262 g/mol. The molecule has 0 bridgehead atoms. The first-order valence-corrected chi connectivity index (χ1v) is 7.16. The van der Waals surface area contributed by atoms with Gasteiger partial charge in [-0.1, -0.05) is 37.3 Å². The Kier molecular flexibility index (Phi) is 4.64. The third-order valence-electron chi connectivity index (χ3n) is 3.76. The van der Waals surface area contributed by atoms with Crippen LogP contribution in [-0.2, 0) is 0 Å². The van der Waals surface area contributed by atoms with Crippen LogP contribution in [0.2, 0.25) is 5.02 Å². The van der Waals surface area contributed by atoms with Gasteiger partial charge in [-0.05, 0) is 25.0 Å². The molecule has 0 aliphatic heterocycles. The highest BCUT2D eigenvalue weighted by atomic mass is 35.5. The van der Waals surface area contributed by atoms with Crippen molar-refractivity contribution in [1.29, 1.82) is 0 Å².